The molecule has 3 aliphatic heterocycles. The fourth-order valence-electron chi connectivity index (χ4n) is 7.25. The number of aliphatic hydroxyl groups excluding tert-OH is 1. The normalized spacial score (nSPS) is 23.0. The Kier molecular flexibility index (Phi) is 10.9. The third-order valence-corrected chi connectivity index (χ3v) is 10.3. The molecular formula is C40H39F5N2O6. The topological polar surface area (TPSA) is 89.5 Å². The Balaban J connectivity index is 1.09. The van der Waals surface area contributed by atoms with Gasteiger partial charge in [-0.25, -0.2) is 22.0 Å². The van der Waals surface area contributed by atoms with Crippen LogP contribution in [0.4, 0.5) is 22.0 Å². The first-order chi connectivity index (χ1) is 25.6. The van der Waals surface area contributed by atoms with Gasteiger partial charge >= 0.3 is 0 Å². The predicted molar refractivity (Wildman–Crippen MR) is 183 cm³/mol. The largest absolute Gasteiger partial charge is 0.392 e. The number of hydrogen-bond donors (Lipinski definition) is 2. The standard InChI is InChI=1S/C40H39F5N2O6/c1-23-30(21-47-14-12-40(13-15-47)50-16-17-51-40)52-39(53-37(23)26-10-8-24(22-48)9-11-26)29-7-3-6-28(19-29)27-5-2-4-25(18-27)20-46-38(49)31-32(41)34(43)36(45)35(44)33(31)42/h2-11,18-19,23,30,37,39,48H,12-17,20-22H2,1H3,(H,46,49). The lowest BCUT2D eigenvalue weighted by Crippen LogP contribution is -2.50. The number of carbonyl (C=O) groups excluding carboxylic acids is 1. The minimum Gasteiger partial charge on any atom is -0.392 e. The van der Waals surface area contributed by atoms with Crippen molar-refractivity contribution in [3.05, 3.63) is 130 Å². The number of hydrogen-bond acceptors (Lipinski definition) is 7. The van der Waals surface area contributed by atoms with Crippen molar-refractivity contribution < 1.29 is 50.8 Å². The summed E-state index contributed by atoms with van der Waals surface area (Å²) in [5.74, 6) is -13.1. The van der Waals surface area contributed by atoms with Crippen LogP contribution in [0, 0.1) is 35.0 Å². The molecule has 4 aromatic rings. The van der Waals surface area contributed by atoms with E-state index in [2.05, 4.69) is 17.1 Å². The molecule has 13 heteroatoms. The van der Waals surface area contributed by atoms with Crippen molar-refractivity contribution in [2.75, 3.05) is 32.8 Å². The number of carbonyl (C=O) groups is 1. The summed E-state index contributed by atoms with van der Waals surface area (Å²) in [5, 5.41) is 11.9. The number of piperidine rings is 1. The number of likely N-dealkylation sites (tertiary alicyclic amines) is 1. The van der Waals surface area contributed by atoms with Crippen molar-refractivity contribution >= 4 is 5.91 Å². The zero-order valence-electron chi connectivity index (χ0n) is 28.9. The van der Waals surface area contributed by atoms with Crippen LogP contribution in [0.1, 0.15) is 64.8 Å². The molecule has 0 aromatic heterocycles. The predicted octanol–water partition coefficient (Wildman–Crippen LogP) is 7.10. The van der Waals surface area contributed by atoms with Crippen LogP contribution in [0.5, 0.6) is 0 Å². The Morgan fingerprint density at radius 1 is 0.792 bits per heavy atom. The van der Waals surface area contributed by atoms with E-state index in [4.69, 9.17) is 18.9 Å². The lowest BCUT2D eigenvalue weighted by atomic mass is 9.89. The zero-order chi connectivity index (χ0) is 37.3. The quantitative estimate of drug-likeness (QED) is 0.108. The monoisotopic (exact) mass is 738 g/mol. The minimum absolute atomic E-state index is 0.0130. The molecule has 8 nitrogen and oxygen atoms in total. The van der Waals surface area contributed by atoms with E-state index in [-0.39, 0.29) is 31.3 Å². The second-order valence-electron chi connectivity index (χ2n) is 13.7. The minimum atomic E-state index is -2.34. The lowest BCUT2D eigenvalue weighted by molar-refractivity contribution is -0.278. The summed E-state index contributed by atoms with van der Waals surface area (Å²) >= 11 is 0. The van der Waals surface area contributed by atoms with Crippen molar-refractivity contribution in [3.8, 4) is 11.1 Å². The van der Waals surface area contributed by atoms with Gasteiger partial charge in [0.2, 0.25) is 5.82 Å². The van der Waals surface area contributed by atoms with Gasteiger partial charge < -0.3 is 34.3 Å². The van der Waals surface area contributed by atoms with Gasteiger partial charge in [0, 0.05) is 50.5 Å². The summed E-state index contributed by atoms with van der Waals surface area (Å²) < 4.78 is 94.5. The number of aliphatic hydroxyl groups is 1. The van der Waals surface area contributed by atoms with E-state index in [1.165, 1.54) is 0 Å². The van der Waals surface area contributed by atoms with Gasteiger partial charge in [-0.3, -0.25) is 4.79 Å². The summed E-state index contributed by atoms with van der Waals surface area (Å²) in [5.41, 5.74) is 3.04. The van der Waals surface area contributed by atoms with Crippen LogP contribution in [0.25, 0.3) is 11.1 Å². The first-order valence-electron chi connectivity index (χ1n) is 17.6. The van der Waals surface area contributed by atoms with Gasteiger partial charge in [0.05, 0.1) is 32.0 Å². The molecule has 4 aromatic carbocycles. The van der Waals surface area contributed by atoms with E-state index >= 15 is 0 Å². The highest BCUT2D eigenvalue weighted by Gasteiger charge is 2.43. The molecule has 4 unspecified atom stereocenters. The number of halogens is 5. The molecule has 0 saturated carbocycles. The summed E-state index contributed by atoms with van der Waals surface area (Å²) in [4.78, 5) is 14.9. The van der Waals surface area contributed by atoms with Gasteiger partial charge in [-0.2, -0.15) is 0 Å². The van der Waals surface area contributed by atoms with Crippen molar-refractivity contribution in [1.29, 1.82) is 0 Å². The van der Waals surface area contributed by atoms with E-state index in [1.54, 1.807) is 18.2 Å². The van der Waals surface area contributed by atoms with Gasteiger partial charge in [0.1, 0.15) is 5.56 Å². The molecule has 3 saturated heterocycles. The maximum absolute atomic E-state index is 14.2. The molecule has 0 aliphatic carbocycles. The van der Waals surface area contributed by atoms with E-state index in [0.29, 0.717) is 25.3 Å². The highest BCUT2D eigenvalue weighted by Crippen LogP contribution is 2.43. The Morgan fingerprint density at radius 3 is 2.08 bits per heavy atom. The second-order valence-corrected chi connectivity index (χ2v) is 13.7. The van der Waals surface area contributed by atoms with Crippen LogP contribution in [0.2, 0.25) is 0 Å². The van der Waals surface area contributed by atoms with Crippen LogP contribution >= 0.6 is 0 Å². The Hall–Kier alpha value is -4.24. The Morgan fingerprint density at radius 2 is 1.42 bits per heavy atom. The molecule has 3 aliphatic rings. The molecule has 2 N–H and O–H groups in total. The molecule has 4 atom stereocenters. The average Bonchev–Trinajstić information content (AvgIpc) is 3.65. The maximum Gasteiger partial charge on any atom is 0.257 e. The van der Waals surface area contributed by atoms with Gasteiger partial charge in [0.15, 0.2) is 35.3 Å². The maximum atomic E-state index is 14.2. The average molecular weight is 739 g/mol. The smallest absolute Gasteiger partial charge is 0.257 e. The number of nitrogens with one attached hydrogen (secondary N) is 1. The third-order valence-electron chi connectivity index (χ3n) is 10.3. The molecule has 280 valence electrons. The molecule has 0 bridgehead atoms. The Bertz CT molecular complexity index is 1920. The molecule has 53 heavy (non-hydrogen) atoms. The van der Waals surface area contributed by atoms with Crippen LogP contribution in [-0.4, -0.2) is 60.7 Å². The van der Waals surface area contributed by atoms with Crippen molar-refractivity contribution in [1.82, 2.24) is 10.2 Å². The van der Waals surface area contributed by atoms with Crippen LogP contribution < -0.4 is 5.32 Å². The van der Waals surface area contributed by atoms with E-state index in [9.17, 15) is 31.9 Å². The highest BCUT2D eigenvalue weighted by atomic mass is 19.2. The zero-order valence-corrected chi connectivity index (χ0v) is 28.9. The van der Waals surface area contributed by atoms with Crippen LogP contribution in [-0.2, 0) is 32.1 Å². The fraction of sp³-hybridized carbons (Fsp3) is 0.375. The summed E-state index contributed by atoms with van der Waals surface area (Å²) in [6.45, 7) is 5.33. The Labute approximate surface area is 303 Å². The molecule has 3 fully saturated rings. The van der Waals surface area contributed by atoms with Crippen molar-refractivity contribution in [2.24, 2.45) is 5.92 Å². The molecule has 3 heterocycles. The molecule has 7 rings (SSSR count). The van der Waals surface area contributed by atoms with E-state index in [0.717, 1.165) is 53.7 Å². The second kappa shape index (κ2) is 15.6. The number of ether oxygens (including phenoxy) is 4. The number of amides is 1. The summed E-state index contributed by atoms with van der Waals surface area (Å²) in [6.07, 6.45) is 0.339. The first-order valence-corrected chi connectivity index (χ1v) is 17.6. The SMILES string of the molecule is CC1C(CN2CCC3(CC2)OCCO3)OC(c2cccc(-c3cccc(CNC(=O)c4c(F)c(F)c(F)c(F)c4F)c3)c2)OC1c1ccc(CO)cc1. The third kappa shape index (κ3) is 7.73. The van der Waals surface area contributed by atoms with Gasteiger partial charge in [-0.05, 0) is 39.9 Å². The highest BCUT2D eigenvalue weighted by molar-refractivity contribution is 5.94. The van der Waals surface area contributed by atoms with Crippen molar-refractivity contribution in [3.63, 3.8) is 0 Å². The van der Waals surface area contributed by atoms with Crippen LogP contribution in [0.3, 0.4) is 0 Å². The lowest BCUT2D eigenvalue weighted by Gasteiger charge is -2.44. The van der Waals surface area contributed by atoms with Crippen LogP contribution in [0.15, 0.2) is 72.8 Å². The van der Waals surface area contributed by atoms with Gasteiger partial charge in [-0.15, -0.1) is 0 Å². The summed E-state index contributed by atoms with van der Waals surface area (Å²) in [7, 11) is 0. The molecule has 0 radical (unpaired) electrons. The van der Waals surface area contributed by atoms with Gasteiger partial charge in [-0.1, -0.05) is 67.6 Å². The number of nitrogens with zero attached hydrogens (tertiary/aromatic N) is 1. The van der Waals surface area contributed by atoms with Crippen molar-refractivity contribution in [2.45, 2.75) is 57.2 Å². The molecule has 1 amide bonds. The fourth-order valence-corrected chi connectivity index (χ4v) is 7.25. The van der Waals surface area contributed by atoms with Gasteiger partial charge in [0.25, 0.3) is 5.91 Å². The number of rotatable bonds is 9. The molecular weight excluding hydrogens is 699 g/mol. The number of benzene rings is 4. The summed E-state index contributed by atoms with van der Waals surface area (Å²) in [6, 6.07) is 22.3. The first kappa shape index (κ1) is 37.1. The van der Waals surface area contributed by atoms with E-state index < -0.39 is 52.6 Å². The van der Waals surface area contributed by atoms with E-state index in [1.807, 2.05) is 54.6 Å². The molecule has 1 spiro atoms.